The van der Waals surface area contributed by atoms with Crippen LogP contribution in [0.5, 0.6) is 0 Å². The van der Waals surface area contributed by atoms with E-state index < -0.39 is 17.6 Å². The summed E-state index contributed by atoms with van der Waals surface area (Å²) in [6.07, 6.45) is -0.576. The number of benzene rings is 1. The molecule has 1 unspecified atom stereocenters. The molecule has 3 rings (SSSR count). The van der Waals surface area contributed by atoms with Gasteiger partial charge in [-0.1, -0.05) is 25.5 Å². The molecule has 1 N–H and O–H groups in total. The van der Waals surface area contributed by atoms with Crippen LogP contribution in [-0.2, 0) is 19.0 Å². The summed E-state index contributed by atoms with van der Waals surface area (Å²) >= 11 is 1.54. The largest absolute Gasteiger partial charge is 0.418 e. The molecule has 6 heteroatoms. The van der Waals surface area contributed by atoms with Crippen molar-refractivity contribution in [1.82, 2.24) is 0 Å². The molecule has 0 radical (unpaired) electrons. The van der Waals surface area contributed by atoms with E-state index in [1.165, 1.54) is 34.4 Å². The number of anilines is 1. The first-order chi connectivity index (χ1) is 11.4. The zero-order chi connectivity index (χ0) is 17.3. The number of para-hydroxylation sites is 1. The van der Waals surface area contributed by atoms with E-state index in [9.17, 15) is 18.0 Å². The van der Waals surface area contributed by atoms with E-state index in [1.54, 1.807) is 5.38 Å². The number of nitrogens with one attached hydrogen (secondary N) is 1. The number of rotatable bonds is 3. The molecule has 128 valence electrons. The van der Waals surface area contributed by atoms with E-state index in [1.807, 2.05) is 0 Å². The Bertz CT molecular complexity index is 751. The van der Waals surface area contributed by atoms with Gasteiger partial charge in [-0.2, -0.15) is 13.2 Å². The zero-order valence-electron chi connectivity index (χ0n) is 13.2. The van der Waals surface area contributed by atoms with E-state index in [-0.39, 0.29) is 5.69 Å². The Hall–Kier alpha value is -1.82. The quantitative estimate of drug-likeness (QED) is 0.772. The highest BCUT2D eigenvalue weighted by Gasteiger charge is 2.34. The second-order valence-corrected chi connectivity index (χ2v) is 7.03. The molecule has 0 fully saturated rings. The highest BCUT2D eigenvalue weighted by atomic mass is 32.1. The predicted octanol–water partition coefficient (Wildman–Crippen LogP) is 5.53. The van der Waals surface area contributed by atoms with E-state index in [2.05, 4.69) is 12.2 Å². The molecule has 0 saturated carbocycles. The van der Waals surface area contributed by atoms with E-state index in [0.717, 1.165) is 37.3 Å². The van der Waals surface area contributed by atoms with Crippen LogP contribution >= 0.6 is 11.3 Å². The first-order valence-electron chi connectivity index (χ1n) is 7.97. The zero-order valence-corrected chi connectivity index (χ0v) is 14.1. The van der Waals surface area contributed by atoms with Gasteiger partial charge < -0.3 is 5.32 Å². The lowest BCUT2D eigenvalue weighted by Gasteiger charge is -2.21. The van der Waals surface area contributed by atoms with Gasteiger partial charge in [0.15, 0.2) is 0 Å². The van der Waals surface area contributed by atoms with E-state index in [4.69, 9.17) is 0 Å². The number of carbonyl (C=O) groups is 1. The van der Waals surface area contributed by atoms with Gasteiger partial charge in [-0.05, 0) is 42.9 Å². The van der Waals surface area contributed by atoms with Crippen molar-refractivity contribution in [2.75, 3.05) is 5.32 Å². The maximum Gasteiger partial charge on any atom is 0.418 e. The summed E-state index contributed by atoms with van der Waals surface area (Å²) in [5.74, 6) is 0.178. The predicted molar refractivity (Wildman–Crippen MR) is 89.5 cm³/mol. The fraction of sp³-hybridized carbons (Fsp3) is 0.389. The molecular weight excluding hydrogens is 335 g/mol. The third-order valence-electron chi connectivity index (χ3n) is 4.56. The van der Waals surface area contributed by atoms with Gasteiger partial charge in [0.1, 0.15) is 0 Å². The Morgan fingerprint density at radius 3 is 2.79 bits per heavy atom. The maximum atomic E-state index is 13.0. The molecule has 1 amide bonds. The van der Waals surface area contributed by atoms with Crippen LogP contribution in [0.3, 0.4) is 0 Å². The van der Waals surface area contributed by atoms with Crippen LogP contribution in [0, 0.1) is 5.92 Å². The molecular formula is C18H18F3NOS. The third kappa shape index (κ3) is 3.34. The average molecular weight is 353 g/mol. The molecule has 0 saturated heterocycles. The van der Waals surface area contributed by atoms with Gasteiger partial charge in [0.25, 0.3) is 5.91 Å². The van der Waals surface area contributed by atoms with Gasteiger partial charge in [0.2, 0.25) is 0 Å². The van der Waals surface area contributed by atoms with Crippen molar-refractivity contribution in [2.45, 2.75) is 38.8 Å². The summed E-state index contributed by atoms with van der Waals surface area (Å²) in [5.41, 5.74) is 0.499. The summed E-state index contributed by atoms with van der Waals surface area (Å²) in [5, 5.41) is 4.21. The topological polar surface area (TPSA) is 29.1 Å². The Morgan fingerprint density at radius 2 is 2.08 bits per heavy atom. The number of amides is 1. The number of alkyl halides is 3. The lowest BCUT2D eigenvalue weighted by molar-refractivity contribution is -0.136. The maximum absolute atomic E-state index is 13.0. The molecule has 1 aromatic carbocycles. The van der Waals surface area contributed by atoms with Crippen molar-refractivity contribution in [3.05, 3.63) is 51.2 Å². The van der Waals surface area contributed by atoms with E-state index >= 15 is 0 Å². The average Bonchev–Trinajstić information content (AvgIpc) is 2.97. The fourth-order valence-corrected chi connectivity index (χ4v) is 4.34. The van der Waals surface area contributed by atoms with Crippen LogP contribution < -0.4 is 5.32 Å². The monoisotopic (exact) mass is 353 g/mol. The highest BCUT2D eigenvalue weighted by molar-refractivity contribution is 7.10. The van der Waals surface area contributed by atoms with Crippen LogP contribution in [-0.4, -0.2) is 5.91 Å². The normalized spacial score (nSPS) is 17.4. The summed E-state index contributed by atoms with van der Waals surface area (Å²) in [6, 6.07) is 5.06. The molecule has 1 heterocycles. The first kappa shape index (κ1) is 17.0. The molecule has 24 heavy (non-hydrogen) atoms. The molecule has 1 aliphatic carbocycles. The van der Waals surface area contributed by atoms with Gasteiger partial charge in [-0.15, -0.1) is 11.3 Å². The molecule has 0 spiro atoms. The summed E-state index contributed by atoms with van der Waals surface area (Å²) in [6.45, 7) is 2.16. The lowest BCUT2D eigenvalue weighted by atomic mass is 9.86. The van der Waals surface area contributed by atoms with Crippen LogP contribution in [0.25, 0.3) is 0 Å². The van der Waals surface area contributed by atoms with Crippen LogP contribution in [0.15, 0.2) is 29.6 Å². The van der Waals surface area contributed by atoms with Crippen molar-refractivity contribution in [1.29, 1.82) is 0 Å². The van der Waals surface area contributed by atoms with Crippen molar-refractivity contribution >= 4 is 22.9 Å². The molecule has 0 aliphatic heterocycles. The van der Waals surface area contributed by atoms with Crippen molar-refractivity contribution < 1.29 is 18.0 Å². The molecule has 2 aromatic rings. The van der Waals surface area contributed by atoms with Crippen molar-refractivity contribution in [3.63, 3.8) is 0 Å². The lowest BCUT2D eigenvalue weighted by Crippen LogP contribution is -2.19. The van der Waals surface area contributed by atoms with Crippen LogP contribution in [0.4, 0.5) is 18.9 Å². The minimum Gasteiger partial charge on any atom is -0.321 e. The number of carbonyl (C=O) groups excluding carboxylic acids is 1. The number of thiophene rings is 1. The van der Waals surface area contributed by atoms with Gasteiger partial charge in [0.05, 0.1) is 16.8 Å². The fourth-order valence-electron chi connectivity index (χ4n) is 3.15. The van der Waals surface area contributed by atoms with Gasteiger partial charge in [0, 0.05) is 10.3 Å². The number of fused-ring (bicyclic) bond motifs is 1. The first-order valence-corrected chi connectivity index (χ1v) is 8.85. The summed E-state index contributed by atoms with van der Waals surface area (Å²) in [4.78, 5) is 13.7. The van der Waals surface area contributed by atoms with Crippen LogP contribution in [0.1, 0.15) is 46.1 Å². The third-order valence-corrected chi connectivity index (χ3v) is 5.61. The van der Waals surface area contributed by atoms with Crippen molar-refractivity contribution in [2.24, 2.45) is 5.92 Å². The Labute approximate surface area is 142 Å². The van der Waals surface area contributed by atoms with Gasteiger partial charge in [-0.3, -0.25) is 4.79 Å². The Morgan fingerprint density at radius 1 is 1.33 bits per heavy atom. The minimum atomic E-state index is -4.49. The Kier molecular flexibility index (Phi) is 4.67. The van der Waals surface area contributed by atoms with Gasteiger partial charge >= 0.3 is 6.18 Å². The van der Waals surface area contributed by atoms with Crippen LogP contribution in [0.2, 0.25) is 0 Å². The van der Waals surface area contributed by atoms with Gasteiger partial charge in [-0.25, -0.2) is 0 Å². The number of hydrogen-bond acceptors (Lipinski definition) is 2. The minimum absolute atomic E-state index is 0.197. The number of hydrogen-bond donors (Lipinski definition) is 1. The highest BCUT2D eigenvalue weighted by Crippen LogP contribution is 2.37. The smallest absolute Gasteiger partial charge is 0.321 e. The summed E-state index contributed by atoms with van der Waals surface area (Å²) in [7, 11) is 0. The standard InChI is InChI=1S/C18H18F3NOS/c1-2-11-7-8-12-13(10-24-16(12)9-11)17(23)22-15-6-4-3-5-14(15)18(19,20)21/h3-6,10-11H,2,7-9H2,1H3,(H,22,23). The van der Waals surface area contributed by atoms with Crippen molar-refractivity contribution in [3.8, 4) is 0 Å². The van der Waals surface area contributed by atoms with E-state index in [0.29, 0.717) is 11.5 Å². The SMILES string of the molecule is CCC1CCc2c(C(=O)Nc3ccccc3C(F)(F)F)csc2C1. The summed E-state index contributed by atoms with van der Waals surface area (Å²) < 4.78 is 39.1. The second kappa shape index (κ2) is 6.59. The molecule has 1 atom stereocenters. The molecule has 1 aromatic heterocycles. The Balaban J connectivity index is 1.84. The number of halogens is 3. The molecule has 1 aliphatic rings. The molecule has 0 bridgehead atoms. The second-order valence-electron chi connectivity index (χ2n) is 6.07. The molecule has 2 nitrogen and oxygen atoms in total.